The first kappa shape index (κ1) is 15.1. The van der Waals surface area contributed by atoms with Gasteiger partial charge in [-0.25, -0.2) is 4.98 Å². The van der Waals surface area contributed by atoms with Crippen molar-refractivity contribution < 1.29 is 0 Å². The normalized spacial score (nSPS) is 10.6. The lowest BCUT2D eigenvalue weighted by Crippen LogP contribution is -2.22. The number of aromatic nitrogens is 2. The lowest BCUT2D eigenvalue weighted by atomic mass is 10.3. The van der Waals surface area contributed by atoms with Gasteiger partial charge in [0.2, 0.25) is 5.95 Å². The number of likely N-dealkylation sites (N-methyl/N-ethyl adjacent to an activating group) is 1. The third kappa shape index (κ3) is 4.08. The van der Waals surface area contributed by atoms with Gasteiger partial charge in [-0.1, -0.05) is 24.6 Å². The van der Waals surface area contributed by atoms with Crippen LogP contribution in [0.1, 0.15) is 18.2 Å². The van der Waals surface area contributed by atoms with Crippen molar-refractivity contribution in [3.8, 4) is 0 Å². The summed E-state index contributed by atoms with van der Waals surface area (Å²) in [4.78, 5) is 12.1. The molecule has 0 aliphatic heterocycles. The van der Waals surface area contributed by atoms with Crippen LogP contribution in [0.3, 0.4) is 0 Å². The fraction of sp³-hybridized carbons (Fsp3) is 0.429. The van der Waals surface area contributed by atoms with Gasteiger partial charge in [-0.3, -0.25) is 0 Å². The summed E-state index contributed by atoms with van der Waals surface area (Å²) in [5, 5.41) is 5.86. The van der Waals surface area contributed by atoms with Crippen LogP contribution < -0.4 is 10.2 Å². The van der Waals surface area contributed by atoms with Crippen molar-refractivity contribution in [1.82, 2.24) is 9.97 Å². The van der Waals surface area contributed by atoms with Crippen LogP contribution in [0.5, 0.6) is 0 Å². The number of hydrogen-bond donors (Lipinski definition) is 1. The van der Waals surface area contributed by atoms with Crippen LogP contribution in [0, 0.1) is 0 Å². The van der Waals surface area contributed by atoms with E-state index in [9.17, 15) is 0 Å². The highest BCUT2D eigenvalue weighted by molar-refractivity contribution is 7.09. The van der Waals surface area contributed by atoms with E-state index in [1.807, 2.05) is 7.05 Å². The second-order valence-corrected chi connectivity index (χ2v) is 5.98. The van der Waals surface area contributed by atoms with Crippen molar-refractivity contribution in [2.45, 2.75) is 19.8 Å². The average molecular weight is 311 g/mol. The van der Waals surface area contributed by atoms with E-state index in [-0.39, 0.29) is 0 Å². The Morgan fingerprint density at radius 2 is 2.30 bits per heavy atom. The van der Waals surface area contributed by atoms with Gasteiger partial charge in [-0.15, -0.1) is 11.3 Å². The Morgan fingerprint density at radius 3 is 3.00 bits per heavy atom. The molecule has 0 amide bonds. The third-order valence-corrected chi connectivity index (χ3v) is 4.10. The fourth-order valence-electron chi connectivity index (χ4n) is 1.79. The highest BCUT2D eigenvalue weighted by atomic mass is 35.5. The van der Waals surface area contributed by atoms with Crippen LogP contribution in [-0.4, -0.2) is 30.1 Å². The molecule has 2 rings (SSSR count). The number of thiophene rings is 1. The molecule has 2 heterocycles. The summed E-state index contributed by atoms with van der Waals surface area (Å²) in [6, 6.07) is 4.22. The molecule has 6 heteroatoms. The third-order valence-electron chi connectivity index (χ3n) is 2.89. The summed E-state index contributed by atoms with van der Waals surface area (Å²) in [7, 11) is 2.01. The first-order valence-electron chi connectivity index (χ1n) is 6.70. The summed E-state index contributed by atoms with van der Waals surface area (Å²) in [5.74, 6) is 1.41. The minimum Gasteiger partial charge on any atom is -0.358 e. The van der Waals surface area contributed by atoms with Gasteiger partial charge in [0.1, 0.15) is 5.02 Å². The van der Waals surface area contributed by atoms with Crippen molar-refractivity contribution in [3.05, 3.63) is 33.6 Å². The lowest BCUT2D eigenvalue weighted by Gasteiger charge is -2.19. The first-order valence-corrected chi connectivity index (χ1v) is 7.96. The van der Waals surface area contributed by atoms with Gasteiger partial charge in [0.25, 0.3) is 0 Å². The molecule has 0 bridgehead atoms. The molecule has 0 fully saturated rings. The predicted molar refractivity (Wildman–Crippen MR) is 87.1 cm³/mol. The lowest BCUT2D eigenvalue weighted by molar-refractivity contribution is 0.861. The molecule has 0 unspecified atom stereocenters. The molecule has 2 aromatic heterocycles. The first-order chi connectivity index (χ1) is 9.70. The Bertz CT molecular complexity index is 530. The van der Waals surface area contributed by atoms with E-state index < -0.39 is 0 Å². The molecule has 20 heavy (non-hydrogen) atoms. The fourth-order valence-corrected chi connectivity index (χ4v) is 2.72. The molecule has 0 aromatic carbocycles. The molecule has 0 saturated heterocycles. The topological polar surface area (TPSA) is 41.1 Å². The molecule has 2 aromatic rings. The van der Waals surface area contributed by atoms with Crippen molar-refractivity contribution in [3.63, 3.8) is 0 Å². The minimum atomic E-state index is 0.584. The zero-order chi connectivity index (χ0) is 14.4. The number of rotatable bonds is 7. The van der Waals surface area contributed by atoms with E-state index >= 15 is 0 Å². The van der Waals surface area contributed by atoms with Gasteiger partial charge < -0.3 is 10.2 Å². The van der Waals surface area contributed by atoms with E-state index in [0.29, 0.717) is 11.0 Å². The Kier molecular flexibility index (Phi) is 5.61. The van der Waals surface area contributed by atoms with Gasteiger partial charge in [0.05, 0.1) is 6.20 Å². The largest absolute Gasteiger partial charge is 0.358 e. The highest BCUT2D eigenvalue weighted by Gasteiger charge is 2.10. The molecule has 0 aliphatic rings. The van der Waals surface area contributed by atoms with Crippen molar-refractivity contribution >= 4 is 34.7 Å². The van der Waals surface area contributed by atoms with Crippen LogP contribution in [-0.2, 0) is 6.42 Å². The maximum atomic E-state index is 6.19. The second kappa shape index (κ2) is 7.45. The standard InChI is InChI=1S/C14H19ClN4S/c1-3-7-16-14-17-10-12(15)13(18-14)19(2)8-6-11-5-4-9-20-11/h4-5,9-10H,3,6-8H2,1-2H3,(H,16,17,18). The summed E-state index contributed by atoms with van der Waals surface area (Å²) in [6.07, 6.45) is 3.69. The summed E-state index contributed by atoms with van der Waals surface area (Å²) >= 11 is 7.97. The average Bonchev–Trinajstić information content (AvgIpc) is 2.97. The van der Waals surface area contributed by atoms with E-state index in [0.717, 1.165) is 31.7 Å². The molecule has 1 N–H and O–H groups in total. The van der Waals surface area contributed by atoms with Gasteiger partial charge >= 0.3 is 0 Å². The zero-order valence-corrected chi connectivity index (χ0v) is 13.3. The number of hydrogen-bond acceptors (Lipinski definition) is 5. The van der Waals surface area contributed by atoms with E-state index in [1.54, 1.807) is 17.5 Å². The number of anilines is 2. The summed E-state index contributed by atoms with van der Waals surface area (Å²) in [6.45, 7) is 3.85. The Morgan fingerprint density at radius 1 is 1.45 bits per heavy atom. The predicted octanol–water partition coefficient (Wildman–Crippen LogP) is 3.69. The SMILES string of the molecule is CCCNc1ncc(Cl)c(N(C)CCc2cccs2)n1. The molecule has 0 atom stereocenters. The molecule has 0 radical (unpaired) electrons. The van der Waals surface area contributed by atoms with Crippen molar-refractivity contribution in [1.29, 1.82) is 0 Å². The van der Waals surface area contributed by atoms with Crippen molar-refractivity contribution in [2.24, 2.45) is 0 Å². The van der Waals surface area contributed by atoms with Crippen LogP contribution in [0.2, 0.25) is 5.02 Å². The molecule has 0 aliphatic carbocycles. The summed E-state index contributed by atoms with van der Waals surface area (Å²) < 4.78 is 0. The highest BCUT2D eigenvalue weighted by Crippen LogP contribution is 2.23. The zero-order valence-electron chi connectivity index (χ0n) is 11.8. The van der Waals surface area contributed by atoms with Crippen LogP contribution >= 0.6 is 22.9 Å². The van der Waals surface area contributed by atoms with Crippen LogP contribution in [0.25, 0.3) is 0 Å². The van der Waals surface area contributed by atoms with Crippen molar-refractivity contribution in [2.75, 3.05) is 30.4 Å². The van der Waals surface area contributed by atoms with Gasteiger partial charge in [0, 0.05) is 25.0 Å². The Balaban J connectivity index is 2.01. The van der Waals surface area contributed by atoms with E-state index in [4.69, 9.17) is 11.6 Å². The minimum absolute atomic E-state index is 0.584. The molecule has 0 spiro atoms. The van der Waals surface area contributed by atoms with Crippen LogP contribution in [0.4, 0.5) is 11.8 Å². The molecule has 108 valence electrons. The Hall–Kier alpha value is -1.33. The maximum absolute atomic E-state index is 6.19. The second-order valence-electron chi connectivity index (χ2n) is 4.54. The smallest absolute Gasteiger partial charge is 0.224 e. The quantitative estimate of drug-likeness (QED) is 0.846. The Labute approximate surface area is 128 Å². The monoisotopic (exact) mass is 310 g/mol. The molecule has 4 nitrogen and oxygen atoms in total. The molecular weight excluding hydrogens is 292 g/mol. The number of nitrogens with zero attached hydrogens (tertiary/aromatic N) is 3. The number of halogens is 1. The summed E-state index contributed by atoms with van der Waals surface area (Å²) in [5.41, 5.74) is 0. The molecule has 0 saturated carbocycles. The van der Waals surface area contributed by atoms with E-state index in [1.165, 1.54) is 4.88 Å². The van der Waals surface area contributed by atoms with Gasteiger partial charge in [0.15, 0.2) is 5.82 Å². The maximum Gasteiger partial charge on any atom is 0.224 e. The molecular formula is C14H19ClN4S. The van der Waals surface area contributed by atoms with E-state index in [2.05, 4.69) is 44.6 Å². The van der Waals surface area contributed by atoms with Gasteiger partial charge in [-0.2, -0.15) is 4.98 Å². The number of nitrogens with one attached hydrogen (secondary N) is 1. The van der Waals surface area contributed by atoms with Crippen LogP contribution in [0.15, 0.2) is 23.7 Å². The van der Waals surface area contributed by atoms with Gasteiger partial charge in [-0.05, 0) is 24.3 Å².